The molecule has 4 nitrogen and oxygen atoms in total. The SMILES string of the molecule is Cc1ccccc1CS(=O)(=O)c1ncc(Br)cn1. The summed E-state index contributed by atoms with van der Waals surface area (Å²) in [6, 6.07) is 7.38. The lowest BCUT2D eigenvalue weighted by atomic mass is 10.1. The molecule has 0 bridgehead atoms. The number of halogens is 1. The molecule has 0 saturated carbocycles. The van der Waals surface area contributed by atoms with E-state index >= 15 is 0 Å². The van der Waals surface area contributed by atoms with Crippen LogP contribution in [0.2, 0.25) is 0 Å². The van der Waals surface area contributed by atoms with Crippen molar-refractivity contribution in [3.05, 3.63) is 52.3 Å². The molecule has 0 aliphatic rings. The molecule has 1 heterocycles. The third-order valence-electron chi connectivity index (χ3n) is 2.48. The van der Waals surface area contributed by atoms with Crippen LogP contribution < -0.4 is 0 Å². The number of hydrogen-bond donors (Lipinski definition) is 0. The van der Waals surface area contributed by atoms with Crippen LogP contribution in [0.25, 0.3) is 0 Å². The van der Waals surface area contributed by atoms with Crippen molar-refractivity contribution < 1.29 is 8.42 Å². The predicted molar refractivity (Wildman–Crippen MR) is 71.8 cm³/mol. The molecule has 94 valence electrons. The summed E-state index contributed by atoms with van der Waals surface area (Å²) in [5, 5.41) is -0.144. The van der Waals surface area contributed by atoms with Crippen LogP contribution in [-0.2, 0) is 15.6 Å². The highest BCUT2D eigenvalue weighted by molar-refractivity contribution is 9.10. The lowest BCUT2D eigenvalue weighted by Gasteiger charge is -2.05. The van der Waals surface area contributed by atoms with E-state index in [9.17, 15) is 8.42 Å². The van der Waals surface area contributed by atoms with Gasteiger partial charge in [0.15, 0.2) is 0 Å². The van der Waals surface area contributed by atoms with E-state index in [2.05, 4.69) is 25.9 Å². The van der Waals surface area contributed by atoms with Gasteiger partial charge in [0, 0.05) is 12.4 Å². The van der Waals surface area contributed by atoms with Gasteiger partial charge in [-0.1, -0.05) is 24.3 Å². The highest BCUT2D eigenvalue weighted by Gasteiger charge is 2.19. The molecule has 0 atom stereocenters. The van der Waals surface area contributed by atoms with Crippen molar-refractivity contribution in [2.45, 2.75) is 17.8 Å². The topological polar surface area (TPSA) is 59.9 Å². The molecule has 0 radical (unpaired) electrons. The Hall–Kier alpha value is -1.27. The highest BCUT2D eigenvalue weighted by Crippen LogP contribution is 2.16. The Labute approximate surface area is 114 Å². The summed E-state index contributed by atoms with van der Waals surface area (Å²) in [7, 11) is -3.50. The number of rotatable bonds is 3. The van der Waals surface area contributed by atoms with Crippen molar-refractivity contribution in [1.82, 2.24) is 9.97 Å². The van der Waals surface area contributed by atoms with Gasteiger partial charge in [0.2, 0.25) is 15.0 Å². The van der Waals surface area contributed by atoms with E-state index < -0.39 is 9.84 Å². The fourth-order valence-electron chi connectivity index (χ4n) is 1.50. The molecule has 2 aromatic rings. The summed E-state index contributed by atoms with van der Waals surface area (Å²) in [5.41, 5.74) is 1.71. The molecule has 0 aliphatic heterocycles. The minimum Gasteiger partial charge on any atom is -0.226 e. The highest BCUT2D eigenvalue weighted by atomic mass is 79.9. The second kappa shape index (κ2) is 5.16. The van der Waals surface area contributed by atoms with Gasteiger partial charge in [-0.25, -0.2) is 18.4 Å². The Morgan fingerprint density at radius 2 is 1.78 bits per heavy atom. The van der Waals surface area contributed by atoms with Gasteiger partial charge in [-0.05, 0) is 34.0 Å². The summed E-state index contributed by atoms with van der Waals surface area (Å²) >= 11 is 3.17. The maximum absolute atomic E-state index is 12.1. The molecular weight excluding hydrogens is 316 g/mol. The van der Waals surface area contributed by atoms with Crippen molar-refractivity contribution in [2.24, 2.45) is 0 Å². The van der Waals surface area contributed by atoms with E-state index in [0.717, 1.165) is 11.1 Å². The van der Waals surface area contributed by atoms with E-state index in [0.29, 0.717) is 4.47 Å². The van der Waals surface area contributed by atoms with Crippen molar-refractivity contribution in [3.63, 3.8) is 0 Å². The molecule has 0 fully saturated rings. The quantitative estimate of drug-likeness (QED) is 0.813. The minimum atomic E-state index is -3.50. The molecule has 0 spiro atoms. The number of hydrogen-bond acceptors (Lipinski definition) is 4. The first-order valence-corrected chi connectivity index (χ1v) is 7.68. The van der Waals surface area contributed by atoms with Crippen LogP contribution in [0, 0.1) is 6.92 Å². The van der Waals surface area contributed by atoms with Gasteiger partial charge in [0.1, 0.15) is 0 Å². The Bertz CT molecular complexity index is 654. The molecule has 1 aromatic carbocycles. The average molecular weight is 327 g/mol. The molecule has 2 rings (SSSR count). The van der Waals surface area contributed by atoms with Crippen LogP contribution in [-0.4, -0.2) is 18.4 Å². The largest absolute Gasteiger partial charge is 0.247 e. The van der Waals surface area contributed by atoms with E-state index in [-0.39, 0.29) is 10.9 Å². The molecule has 0 amide bonds. The third-order valence-corrected chi connectivity index (χ3v) is 4.35. The standard InChI is InChI=1S/C12H11BrN2O2S/c1-9-4-2-3-5-10(9)8-18(16,17)12-14-6-11(13)7-15-12/h2-7H,8H2,1H3. The monoisotopic (exact) mass is 326 g/mol. The number of aromatic nitrogens is 2. The number of aryl methyl sites for hydroxylation is 1. The van der Waals surface area contributed by atoms with Crippen molar-refractivity contribution in [3.8, 4) is 0 Å². The van der Waals surface area contributed by atoms with Gasteiger partial charge in [0.05, 0.1) is 10.2 Å². The van der Waals surface area contributed by atoms with E-state index in [1.54, 1.807) is 6.07 Å². The zero-order valence-electron chi connectivity index (χ0n) is 9.67. The average Bonchev–Trinajstić information content (AvgIpc) is 2.32. The first-order valence-electron chi connectivity index (χ1n) is 5.24. The van der Waals surface area contributed by atoms with Gasteiger partial charge >= 0.3 is 0 Å². The smallest absolute Gasteiger partial charge is 0.226 e. The molecule has 18 heavy (non-hydrogen) atoms. The molecule has 1 aromatic heterocycles. The number of nitrogens with zero attached hydrogens (tertiary/aromatic N) is 2. The minimum absolute atomic E-state index is 0.0820. The zero-order chi connectivity index (χ0) is 13.2. The lowest BCUT2D eigenvalue weighted by Crippen LogP contribution is -2.09. The Balaban J connectivity index is 2.33. The van der Waals surface area contributed by atoms with Crippen LogP contribution in [0.1, 0.15) is 11.1 Å². The fraction of sp³-hybridized carbons (Fsp3) is 0.167. The van der Waals surface area contributed by atoms with Gasteiger partial charge < -0.3 is 0 Å². The normalized spacial score (nSPS) is 11.4. The van der Waals surface area contributed by atoms with Crippen molar-refractivity contribution >= 4 is 25.8 Å². The van der Waals surface area contributed by atoms with Crippen LogP contribution >= 0.6 is 15.9 Å². The molecular formula is C12H11BrN2O2S. The van der Waals surface area contributed by atoms with Crippen LogP contribution in [0.5, 0.6) is 0 Å². The van der Waals surface area contributed by atoms with Crippen LogP contribution in [0.15, 0.2) is 46.3 Å². The van der Waals surface area contributed by atoms with E-state index in [1.807, 2.05) is 25.1 Å². The van der Waals surface area contributed by atoms with Gasteiger partial charge in [-0.15, -0.1) is 0 Å². The van der Waals surface area contributed by atoms with Gasteiger partial charge in [0.25, 0.3) is 0 Å². The molecule has 0 aliphatic carbocycles. The Morgan fingerprint density at radius 1 is 1.17 bits per heavy atom. The maximum atomic E-state index is 12.1. The van der Waals surface area contributed by atoms with Gasteiger partial charge in [-0.2, -0.15) is 0 Å². The third kappa shape index (κ3) is 2.94. The van der Waals surface area contributed by atoms with Crippen molar-refractivity contribution in [1.29, 1.82) is 0 Å². The predicted octanol–water partition coefficient (Wildman–Crippen LogP) is 2.52. The molecule has 0 N–H and O–H groups in total. The molecule has 0 unspecified atom stereocenters. The Kier molecular flexibility index (Phi) is 3.77. The maximum Gasteiger partial charge on any atom is 0.247 e. The summed E-state index contributed by atoms with van der Waals surface area (Å²) in [4.78, 5) is 7.66. The van der Waals surface area contributed by atoms with Gasteiger partial charge in [-0.3, -0.25) is 0 Å². The van der Waals surface area contributed by atoms with Crippen LogP contribution in [0.4, 0.5) is 0 Å². The lowest BCUT2D eigenvalue weighted by molar-refractivity contribution is 0.585. The number of sulfone groups is 1. The van der Waals surface area contributed by atoms with E-state index in [4.69, 9.17) is 0 Å². The summed E-state index contributed by atoms with van der Waals surface area (Å²) in [6.07, 6.45) is 2.86. The second-order valence-electron chi connectivity index (χ2n) is 3.87. The molecule has 6 heteroatoms. The number of benzene rings is 1. The fourth-order valence-corrected chi connectivity index (χ4v) is 3.00. The zero-order valence-corrected chi connectivity index (χ0v) is 12.1. The Morgan fingerprint density at radius 3 is 2.39 bits per heavy atom. The summed E-state index contributed by atoms with van der Waals surface area (Å²) in [5.74, 6) is -0.0820. The second-order valence-corrected chi connectivity index (χ2v) is 6.67. The first-order chi connectivity index (χ1) is 8.49. The first kappa shape index (κ1) is 13.2. The van der Waals surface area contributed by atoms with Crippen molar-refractivity contribution in [2.75, 3.05) is 0 Å². The summed E-state index contributed by atoms with van der Waals surface area (Å²) < 4.78 is 24.9. The summed E-state index contributed by atoms with van der Waals surface area (Å²) in [6.45, 7) is 1.88. The molecule has 0 saturated heterocycles. The van der Waals surface area contributed by atoms with E-state index in [1.165, 1.54) is 12.4 Å². The van der Waals surface area contributed by atoms with Crippen LogP contribution in [0.3, 0.4) is 0 Å².